The molecule has 0 unspecified atom stereocenters. The topological polar surface area (TPSA) is 85.8 Å². The normalized spacial score (nSPS) is 10.9. The smallest absolute Gasteiger partial charge is 0.234 e. The van der Waals surface area contributed by atoms with Gasteiger partial charge in [-0.2, -0.15) is 0 Å². The molecule has 1 aromatic carbocycles. The summed E-state index contributed by atoms with van der Waals surface area (Å²) in [5.41, 5.74) is 1.85. The Balaban J connectivity index is 1.94. The molecule has 1 heterocycles. The highest BCUT2D eigenvalue weighted by Crippen LogP contribution is 2.19. The predicted octanol–water partition coefficient (Wildman–Crippen LogP) is 2.15. The third-order valence-electron chi connectivity index (χ3n) is 2.96. The van der Waals surface area contributed by atoms with Crippen LogP contribution in [0.4, 0.5) is 5.69 Å². The van der Waals surface area contributed by atoms with Crippen molar-refractivity contribution in [1.29, 1.82) is 0 Å². The lowest BCUT2D eigenvalue weighted by molar-refractivity contribution is -0.113. The molecule has 1 aromatic heterocycles. The van der Waals surface area contributed by atoms with Crippen molar-refractivity contribution < 1.29 is 4.79 Å². The van der Waals surface area contributed by atoms with Gasteiger partial charge in [0, 0.05) is 11.6 Å². The van der Waals surface area contributed by atoms with Gasteiger partial charge in [-0.05, 0) is 18.6 Å². The summed E-state index contributed by atoms with van der Waals surface area (Å²) in [5, 5.41) is 11.4. The summed E-state index contributed by atoms with van der Waals surface area (Å²) >= 11 is 1.27. The van der Waals surface area contributed by atoms with Gasteiger partial charge in [0.25, 0.3) is 0 Å². The molecule has 3 N–H and O–H groups in total. The van der Waals surface area contributed by atoms with E-state index in [4.69, 9.17) is 5.84 Å². The van der Waals surface area contributed by atoms with Crippen molar-refractivity contribution in [2.45, 2.75) is 31.8 Å². The van der Waals surface area contributed by atoms with Gasteiger partial charge in [0.2, 0.25) is 11.1 Å². The van der Waals surface area contributed by atoms with Gasteiger partial charge in [-0.3, -0.25) is 4.79 Å². The summed E-state index contributed by atoms with van der Waals surface area (Å²) in [4.78, 5) is 12.0. The number of benzene rings is 1. The number of aromatic nitrogens is 3. The number of amides is 1. The lowest BCUT2D eigenvalue weighted by Gasteiger charge is -2.08. The highest BCUT2D eigenvalue weighted by molar-refractivity contribution is 7.99. The molecule has 6 nitrogen and oxygen atoms in total. The van der Waals surface area contributed by atoms with Gasteiger partial charge in [0.1, 0.15) is 0 Å². The number of para-hydroxylation sites is 1. The van der Waals surface area contributed by atoms with Crippen LogP contribution in [-0.4, -0.2) is 26.5 Å². The number of nitrogens with one attached hydrogen (secondary N) is 1. The van der Waals surface area contributed by atoms with Crippen molar-refractivity contribution in [1.82, 2.24) is 14.9 Å². The van der Waals surface area contributed by atoms with Gasteiger partial charge in [0.05, 0.1) is 5.75 Å². The van der Waals surface area contributed by atoms with Crippen molar-refractivity contribution in [3.63, 3.8) is 0 Å². The second-order valence-corrected chi connectivity index (χ2v) is 5.96. The fraction of sp³-hybridized carbons (Fsp3) is 0.357. The van der Waals surface area contributed by atoms with E-state index in [0.717, 1.165) is 11.3 Å². The van der Waals surface area contributed by atoms with E-state index in [1.54, 1.807) is 0 Å². The number of nitrogens with two attached hydrogens (primary N) is 1. The van der Waals surface area contributed by atoms with Crippen molar-refractivity contribution >= 4 is 23.4 Å². The zero-order chi connectivity index (χ0) is 15.4. The van der Waals surface area contributed by atoms with Gasteiger partial charge < -0.3 is 11.2 Å². The van der Waals surface area contributed by atoms with E-state index in [1.807, 2.05) is 45.0 Å². The largest absolute Gasteiger partial charge is 0.336 e. The first-order valence-corrected chi connectivity index (χ1v) is 7.66. The number of nitrogen functional groups attached to an aromatic ring is 1. The average Bonchev–Trinajstić information content (AvgIpc) is 2.80. The van der Waals surface area contributed by atoms with Crippen LogP contribution in [0.1, 0.15) is 31.2 Å². The Morgan fingerprint density at radius 1 is 1.38 bits per heavy atom. The molecule has 21 heavy (non-hydrogen) atoms. The number of hydrogen-bond donors (Lipinski definition) is 2. The van der Waals surface area contributed by atoms with Crippen LogP contribution in [0.15, 0.2) is 29.4 Å². The van der Waals surface area contributed by atoms with Crippen LogP contribution in [0.2, 0.25) is 0 Å². The van der Waals surface area contributed by atoms with Crippen LogP contribution >= 0.6 is 11.8 Å². The zero-order valence-electron chi connectivity index (χ0n) is 12.3. The van der Waals surface area contributed by atoms with Gasteiger partial charge in [-0.25, -0.2) is 4.68 Å². The molecule has 7 heteroatoms. The van der Waals surface area contributed by atoms with Gasteiger partial charge in [0.15, 0.2) is 5.82 Å². The molecule has 0 aliphatic heterocycles. The van der Waals surface area contributed by atoms with E-state index in [0.29, 0.717) is 11.0 Å². The van der Waals surface area contributed by atoms with Crippen LogP contribution in [0.3, 0.4) is 0 Å². The summed E-state index contributed by atoms with van der Waals surface area (Å²) in [6.07, 6.45) is 0. The molecule has 0 saturated carbocycles. The van der Waals surface area contributed by atoms with E-state index in [1.165, 1.54) is 16.4 Å². The second-order valence-electron chi connectivity index (χ2n) is 5.02. The number of carbonyl (C=O) groups excluding carboxylic acids is 1. The maximum absolute atomic E-state index is 12.0. The summed E-state index contributed by atoms with van der Waals surface area (Å²) in [7, 11) is 0. The third-order valence-corrected chi connectivity index (χ3v) is 3.90. The molecule has 0 bridgehead atoms. The van der Waals surface area contributed by atoms with Gasteiger partial charge in [-0.1, -0.05) is 43.8 Å². The molecule has 0 spiro atoms. The van der Waals surface area contributed by atoms with Crippen molar-refractivity contribution in [3.05, 3.63) is 35.7 Å². The lowest BCUT2D eigenvalue weighted by atomic mass is 10.2. The highest BCUT2D eigenvalue weighted by Gasteiger charge is 2.14. The summed E-state index contributed by atoms with van der Waals surface area (Å²) in [6, 6.07) is 7.65. The number of carbonyl (C=O) groups is 1. The highest BCUT2D eigenvalue weighted by atomic mass is 32.2. The quantitative estimate of drug-likeness (QED) is 0.653. The summed E-state index contributed by atoms with van der Waals surface area (Å²) in [5.74, 6) is 6.95. The van der Waals surface area contributed by atoms with E-state index in [2.05, 4.69) is 15.5 Å². The first kappa shape index (κ1) is 15.4. The molecule has 0 fully saturated rings. The molecule has 112 valence electrons. The van der Waals surface area contributed by atoms with Crippen molar-refractivity contribution in [2.24, 2.45) is 0 Å². The fourth-order valence-electron chi connectivity index (χ4n) is 1.81. The number of rotatable bonds is 5. The molecule has 2 aromatic rings. The first-order chi connectivity index (χ1) is 9.99. The molecule has 1 amide bonds. The van der Waals surface area contributed by atoms with Crippen LogP contribution < -0.4 is 11.2 Å². The monoisotopic (exact) mass is 305 g/mol. The molecule has 0 radical (unpaired) electrons. The van der Waals surface area contributed by atoms with Crippen LogP contribution in [0.25, 0.3) is 0 Å². The van der Waals surface area contributed by atoms with E-state index in [9.17, 15) is 4.79 Å². The maximum Gasteiger partial charge on any atom is 0.234 e. The second kappa shape index (κ2) is 6.62. The van der Waals surface area contributed by atoms with Crippen LogP contribution in [0.5, 0.6) is 0 Å². The average molecular weight is 305 g/mol. The molecule has 2 rings (SSSR count). The fourth-order valence-corrected chi connectivity index (χ4v) is 2.47. The number of aryl methyl sites for hydroxylation is 1. The maximum atomic E-state index is 12.0. The molecular formula is C14H19N5OS. The van der Waals surface area contributed by atoms with Crippen molar-refractivity contribution in [3.8, 4) is 0 Å². The third kappa shape index (κ3) is 3.75. The van der Waals surface area contributed by atoms with E-state index < -0.39 is 0 Å². The van der Waals surface area contributed by atoms with E-state index >= 15 is 0 Å². The Bertz CT molecular complexity index is 638. The first-order valence-electron chi connectivity index (χ1n) is 6.67. The summed E-state index contributed by atoms with van der Waals surface area (Å²) < 4.78 is 1.44. The minimum atomic E-state index is -0.0941. The molecule has 0 saturated heterocycles. The SMILES string of the molecule is Cc1ccccc1NC(=O)CSc1nnc(C(C)C)n1N. The predicted molar refractivity (Wildman–Crippen MR) is 84.8 cm³/mol. The lowest BCUT2D eigenvalue weighted by Crippen LogP contribution is -2.18. The van der Waals surface area contributed by atoms with Gasteiger partial charge in [-0.15, -0.1) is 10.2 Å². The standard InChI is InChI=1S/C14H19N5OS/c1-9(2)13-17-18-14(19(13)15)21-8-12(20)16-11-7-5-4-6-10(11)3/h4-7,9H,8,15H2,1-3H3,(H,16,20). The zero-order valence-corrected chi connectivity index (χ0v) is 13.1. The Hall–Kier alpha value is -2.02. The number of nitrogens with zero attached hydrogens (tertiary/aromatic N) is 3. The summed E-state index contributed by atoms with van der Waals surface area (Å²) in [6.45, 7) is 5.94. The number of hydrogen-bond acceptors (Lipinski definition) is 5. The Morgan fingerprint density at radius 3 is 2.71 bits per heavy atom. The Kier molecular flexibility index (Phi) is 4.85. The van der Waals surface area contributed by atoms with Crippen LogP contribution in [-0.2, 0) is 4.79 Å². The molecular weight excluding hydrogens is 286 g/mol. The Morgan fingerprint density at radius 2 is 2.10 bits per heavy atom. The molecule has 0 atom stereocenters. The van der Waals surface area contributed by atoms with Crippen molar-refractivity contribution in [2.75, 3.05) is 16.9 Å². The Labute approximate surface area is 128 Å². The number of anilines is 1. The minimum absolute atomic E-state index is 0.0941. The minimum Gasteiger partial charge on any atom is -0.336 e. The number of thioether (sulfide) groups is 1. The van der Waals surface area contributed by atoms with Crippen LogP contribution in [0, 0.1) is 6.92 Å². The van der Waals surface area contributed by atoms with E-state index in [-0.39, 0.29) is 17.6 Å². The molecule has 0 aliphatic carbocycles. The van der Waals surface area contributed by atoms with Gasteiger partial charge >= 0.3 is 0 Å². The molecule has 0 aliphatic rings.